The van der Waals surface area contributed by atoms with Crippen LogP contribution in [0.5, 0.6) is 0 Å². The highest BCUT2D eigenvalue weighted by Gasteiger charge is 2.29. The van der Waals surface area contributed by atoms with E-state index in [0.29, 0.717) is 6.04 Å². The van der Waals surface area contributed by atoms with Gasteiger partial charge in [0.2, 0.25) is 0 Å². The minimum absolute atomic E-state index is 0.0793. The highest BCUT2D eigenvalue weighted by Crippen LogP contribution is 2.24. The zero-order valence-corrected chi connectivity index (χ0v) is 10.4. The molecular weight excluding hydrogens is 188 g/mol. The Morgan fingerprint density at radius 3 is 2.40 bits per heavy atom. The summed E-state index contributed by atoms with van der Waals surface area (Å²) in [5, 5.41) is 9.85. The normalized spacial score (nSPS) is 26.8. The van der Waals surface area contributed by atoms with Gasteiger partial charge in [0.1, 0.15) is 0 Å². The van der Waals surface area contributed by atoms with Crippen molar-refractivity contribution in [3.8, 4) is 0 Å². The molecule has 0 aromatic carbocycles. The SMILES string of the molecule is CCN(CCCN(C)C)[C@H]1CCC[C@@H]1O. The molecule has 1 rings (SSSR count). The zero-order valence-electron chi connectivity index (χ0n) is 10.4. The van der Waals surface area contributed by atoms with E-state index in [1.54, 1.807) is 0 Å². The molecule has 1 saturated carbocycles. The van der Waals surface area contributed by atoms with E-state index in [4.69, 9.17) is 0 Å². The Kier molecular flexibility index (Phi) is 5.58. The Morgan fingerprint density at radius 1 is 1.20 bits per heavy atom. The fourth-order valence-electron chi connectivity index (χ4n) is 2.50. The molecule has 1 fully saturated rings. The summed E-state index contributed by atoms with van der Waals surface area (Å²) >= 11 is 0. The lowest BCUT2D eigenvalue weighted by atomic mass is 10.1. The number of nitrogens with zero attached hydrogens (tertiary/aromatic N) is 2. The van der Waals surface area contributed by atoms with E-state index in [1.807, 2.05) is 0 Å². The molecule has 0 unspecified atom stereocenters. The summed E-state index contributed by atoms with van der Waals surface area (Å²) in [6, 6.07) is 0.428. The minimum atomic E-state index is -0.0793. The van der Waals surface area contributed by atoms with Crippen molar-refractivity contribution in [1.29, 1.82) is 0 Å². The van der Waals surface area contributed by atoms with Crippen molar-refractivity contribution >= 4 is 0 Å². The lowest BCUT2D eigenvalue weighted by molar-refractivity contribution is 0.0719. The van der Waals surface area contributed by atoms with E-state index in [0.717, 1.165) is 26.1 Å². The van der Waals surface area contributed by atoms with Crippen molar-refractivity contribution in [1.82, 2.24) is 9.80 Å². The summed E-state index contributed by atoms with van der Waals surface area (Å²) in [7, 11) is 4.22. The van der Waals surface area contributed by atoms with Gasteiger partial charge in [0.05, 0.1) is 6.10 Å². The van der Waals surface area contributed by atoms with Crippen LogP contribution in [0.2, 0.25) is 0 Å². The topological polar surface area (TPSA) is 26.7 Å². The van der Waals surface area contributed by atoms with Crippen LogP contribution in [0.1, 0.15) is 32.6 Å². The number of aliphatic hydroxyl groups excluding tert-OH is 1. The molecule has 15 heavy (non-hydrogen) atoms. The smallest absolute Gasteiger partial charge is 0.0695 e. The molecule has 0 heterocycles. The van der Waals surface area contributed by atoms with Crippen LogP contribution in [0.25, 0.3) is 0 Å². The van der Waals surface area contributed by atoms with Crippen LogP contribution in [-0.2, 0) is 0 Å². The summed E-state index contributed by atoms with van der Waals surface area (Å²) in [6.45, 7) is 5.52. The number of rotatable bonds is 6. The van der Waals surface area contributed by atoms with Gasteiger partial charge in [0.15, 0.2) is 0 Å². The molecule has 2 atom stereocenters. The van der Waals surface area contributed by atoms with Crippen LogP contribution in [0.15, 0.2) is 0 Å². The maximum absolute atomic E-state index is 9.85. The summed E-state index contributed by atoms with van der Waals surface area (Å²) in [5.74, 6) is 0. The molecule has 0 aliphatic heterocycles. The van der Waals surface area contributed by atoms with Gasteiger partial charge in [0, 0.05) is 6.04 Å². The van der Waals surface area contributed by atoms with Crippen LogP contribution < -0.4 is 0 Å². The highest BCUT2D eigenvalue weighted by atomic mass is 16.3. The van der Waals surface area contributed by atoms with E-state index in [2.05, 4.69) is 30.8 Å². The Labute approximate surface area is 94.1 Å². The number of aliphatic hydroxyl groups is 1. The molecule has 0 saturated heterocycles. The van der Waals surface area contributed by atoms with Gasteiger partial charge < -0.3 is 10.0 Å². The molecule has 0 amide bonds. The minimum Gasteiger partial charge on any atom is -0.391 e. The largest absolute Gasteiger partial charge is 0.391 e. The Bertz CT molecular complexity index is 173. The average molecular weight is 214 g/mol. The van der Waals surface area contributed by atoms with E-state index in [1.165, 1.54) is 19.3 Å². The number of hydrogen-bond donors (Lipinski definition) is 1. The second kappa shape index (κ2) is 6.46. The van der Waals surface area contributed by atoms with Gasteiger partial charge >= 0.3 is 0 Å². The second-order valence-corrected chi connectivity index (χ2v) is 4.85. The predicted molar refractivity (Wildman–Crippen MR) is 64.1 cm³/mol. The Balaban J connectivity index is 2.28. The van der Waals surface area contributed by atoms with E-state index in [-0.39, 0.29) is 6.10 Å². The summed E-state index contributed by atoms with van der Waals surface area (Å²) in [4.78, 5) is 4.67. The summed E-state index contributed by atoms with van der Waals surface area (Å²) in [5.41, 5.74) is 0. The predicted octanol–water partition coefficient (Wildman–Crippen LogP) is 1.17. The molecular formula is C12H26N2O. The number of likely N-dealkylation sites (N-methyl/N-ethyl adjacent to an activating group) is 1. The van der Waals surface area contributed by atoms with Gasteiger partial charge in [-0.05, 0) is 59.4 Å². The zero-order chi connectivity index (χ0) is 11.3. The van der Waals surface area contributed by atoms with Gasteiger partial charge in [0.25, 0.3) is 0 Å². The average Bonchev–Trinajstić information content (AvgIpc) is 2.59. The molecule has 3 heteroatoms. The van der Waals surface area contributed by atoms with Crippen LogP contribution in [0, 0.1) is 0 Å². The first-order chi connectivity index (χ1) is 7.15. The second-order valence-electron chi connectivity index (χ2n) is 4.85. The Hall–Kier alpha value is -0.120. The summed E-state index contributed by atoms with van der Waals surface area (Å²) in [6.07, 6.45) is 4.48. The third kappa shape index (κ3) is 4.09. The van der Waals surface area contributed by atoms with Crippen molar-refractivity contribution in [2.24, 2.45) is 0 Å². The molecule has 0 aromatic heterocycles. The maximum Gasteiger partial charge on any atom is 0.0695 e. The van der Waals surface area contributed by atoms with Crippen molar-refractivity contribution in [2.75, 3.05) is 33.7 Å². The fourth-order valence-corrected chi connectivity index (χ4v) is 2.50. The molecule has 0 bridgehead atoms. The maximum atomic E-state index is 9.85. The molecule has 1 aliphatic carbocycles. The molecule has 0 radical (unpaired) electrons. The quantitative estimate of drug-likeness (QED) is 0.719. The molecule has 0 aromatic rings. The third-order valence-electron chi connectivity index (χ3n) is 3.37. The first-order valence-electron chi connectivity index (χ1n) is 6.22. The molecule has 90 valence electrons. The molecule has 3 nitrogen and oxygen atoms in total. The van der Waals surface area contributed by atoms with Gasteiger partial charge in [-0.15, -0.1) is 0 Å². The van der Waals surface area contributed by atoms with E-state index in [9.17, 15) is 5.11 Å². The molecule has 1 aliphatic rings. The van der Waals surface area contributed by atoms with E-state index < -0.39 is 0 Å². The van der Waals surface area contributed by atoms with E-state index >= 15 is 0 Å². The van der Waals surface area contributed by atoms with Crippen LogP contribution in [0.4, 0.5) is 0 Å². The third-order valence-corrected chi connectivity index (χ3v) is 3.37. The van der Waals surface area contributed by atoms with Crippen LogP contribution in [0.3, 0.4) is 0 Å². The van der Waals surface area contributed by atoms with Gasteiger partial charge in [-0.25, -0.2) is 0 Å². The lowest BCUT2D eigenvalue weighted by Gasteiger charge is -2.30. The van der Waals surface area contributed by atoms with Crippen molar-refractivity contribution < 1.29 is 5.11 Å². The van der Waals surface area contributed by atoms with Crippen molar-refractivity contribution in [3.05, 3.63) is 0 Å². The fraction of sp³-hybridized carbons (Fsp3) is 1.00. The first-order valence-corrected chi connectivity index (χ1v) is 6.22. The monoisotopic (exact) mass is 214 g/mol. The lowest BCUT2D eigenvalue weighted by Crippen LogP contribution is -2.41. The van der Waals surface area contributed by atoms with Crippen molar-refractivity contribution in [2.45, 2.75) is 44.8 Å². The highest BCUT2D eigenvalue weighted by molar-refractivity contribution is 4.84. The number of hydrogen-bond acceptors (Lipinski definition) is 3. The van der Waals surface area contributed by atoms with Gasteiger partial charge in [-0.3, -0.25) is 4.90 Å². The Morgan fingerprint density at radius 2 is 1.93 bits per heavy atom. The standard InChI is InChI=1S/C12H26N2O/c1-4-14(10-6-9-13(2)3)11-7-5-8-12(11)15/h11-12,15H,4-10H2,1-3H3/t11-,12-/m0/s1. The van der Waals surface area contributed by atoms with Gasteiger partial charge in [-0.2, -0.15) is 0 Å². The molecule has 0 spiro atoms. The van der Waals surface area contributed by atoms with Crippen molar-refractivity contribution in [3.63, 3.8) is 0 Å². The first kappa shape index (κ1) is 12.9. The molecule has 1 N–H and O–H groups in total. The summed E-state index contributed by atoms with van der Waals surface area (Å²) < 4.78 is 0. The van der Waals surface area contributed by atoms with Gasteiger partial charge in [-0.1, -0.05) is 6.92 Å². The van der Waals surface area contributed by atoms with Crippen LogP contribution >= 0.6 is 0 Å². The van der Waals surface area contributed by atoms with Crippen LogP contribution in [-0.4, -0.2) is 60.8 Å².